The number of anilines is 1. The van der Waals surface area contributed by atoms with Crippen LogP contribution in [0, 0.1) is 0 Å². The summed E-state index contributed by atoms with van der Waals surface area (Å²) in [5, 5.41) is 18.7. The molecule has 0 spiro atoms. The van der Waals surface area contributed by atoms with Gasteiger partial charge in [-0.1, -0.05) is 0 Å². The summed E-state index contributed by atoms with van der Waals surface area (Å²) in [6.45, 7) is -0.272. The zero-order valence-corrected chi connectivity index (χ0v) is 12.9. The van der Waals surface area contributed by atoms with Crippen molar-refractivity contribution in [1.82, 2.24) is 0 Å². The second kappa shape index (κ2) is 7.01. The van der Waals surface area contributed by atoms with Gasteiger partial charge in [-0.2, -0.15) is 0 Å². The smallest absolute Gasteiger partial charge is 0.355 e. The molecule has 1 aliphatic rings. The molecular formula is C15H15NO8. The Labute approximate surface area is 136 Å². The number of methoxy groups -OCH3 is 2. The van der Waals surface area contributed by atoms with E-state index in [2.05, 4.69) is 4.74 Å². The van der Waals surface area contributed by atoms with Crippen LogP contribution in [-0.4, -0.2) is 55.7 Å². The second-order valence-electron chi connectivity index (χ2n) is 4.72. The summed E-state index contributed by atoms with van der Waals surface area (Å²) < 4.78 is 14.6. The lowest BCUT2D eigenvalue weighted by molar-refractivity contribution is -0.140. The van der Waals surface area contributed by atoms with Crippen molar-refractivity contribution in [3.63, 3.8) is 0 Å². The fraction of sp³-hybridized carbons (Fsp3) is 0.267. The highest BCUT2D eigenvalue weighted by Gasteiger charge is 2.32. The summed E-state index contributed by atoms with van der Waals surface area (Å²) in [5.41, 5.74) is -0.299. The summed E-state index contributed by atoms with van der Waals surface area (Å²) in [4.78, 5) is 36.4. The van der Waals surface area contributed by atoms with Gasteiger partial charge in [-0.15, -0.1) is 0 Å². The third-order valence-electron chi connectivity index (χ3n) is 3.36. The number of ether oxygens (including phenoxy) is 3. The van der Waals surface area contributed by atoms with E-state index in [0.29, 0.717) is 0 Å². The lowest BCUT2D eigenvalue weighted by Crippen LogP contribution is -2.38. The van der Waals surface area contributed by atoms with Crippen molar-refractivity contribution in [2.45, 2.75) is 0 Å². The number of carboxylic acid groups (broad SMARTS) is 1. The van der Waals surface area contributed by atoms with Crippen LogP contribution >= 0.6 is 0 Å². The Bertz CT molecular complexity index is 724. The van der Waals surface area contributed by atoms with Crippen molar-refractivity contribution in [1.29, 1.82) is 0 Å². The van der Waals surface area contributed by atoms with Gasteiger partial charge in [0.1, 0.15) is 23.7 Å². The second-order valence-corrected chi connectivity index (χ2v) is 4.72. The standard InChI is InChI=1S/C15H15NO8/c1-22-14(20)10-6-24-7-16(12(10)15(21)23-2)8-3-4-11(17)9(5-8)13(18)19/h3-5,17H,6-7H2,1-2H3,(H,18,19). The highest BCUT2D eigenvalue weighted by atomic mass is 16.5. The van der Waals surface area contributed by atoms with Gasteiger partial charge in [0.25, 0.3) is 0 Å². The Morgan fingerprint density at radius 3 is 2.42 bits per heavy atom. The third kappa shape index (κ3) is 3.15. The molecule has 9 nitrogen and oxygen atoms in total. The normalized spacial score (nSPS) is 14.3. The Balaban J connectivity index is 2.59. The molecule has 0 bridgehead atoms. The lowest BCUT2D eigenvalue weighted by atomic mass is 10.1. The molecule has 1 aliphatic heterocycles. The molecule has 0 aromatic heterocycles. The average Bonchev–Trinajstić information content (AvgIpc) is 2.59. The van der Waals surface area contributed by atoms with E-state index in [0.717, 1.165) is 20.3 Å². The van der Waals surface area contributed by atoms with Crippen LogP contribution in [0.25, 0.3) is 0 Å². The van der Waals surface area contributed by atoms with Crippen molar-refractivity contribution < 1.29 is 38.8 Å². The first-order valence-electron chi connectivity index (χ1n) is 6.72. The summed E-state index contributed by atoms with van der Waals surface area (Å²) in [6.07, 6.45) is 0. The van der Waals surface area contributed by atoms with E-state index in [1.165, 1.54) is 17.0 Å². The predicted octanol–water partition coefficient (Wildman–Crippen LogP) is 0.485. The Hall–Kier alpha value is -3.07. The average molecular weight is 337 g/mol. The van der Waals surface area contributed by atoms with Crippen molar-refractivity contribution in [3.8, 4) is 5.75 Å². The fourth-order valence-electron chi connectivity index (χ4n) is 2.21. The highest BCUT2D eigenvalue weighted by Crippen LogP contribution is 2.30. The zero-order chi connectivity index (χ0) is 17.9. The first-order valence-corrected chi connectivity index (χ1v) is 6.72. The monoisotopic (exact) mass is 337 g/mol. The maximum absolute atomic E-state index is 12.1. The van der Waals surface area contributed by atoms with Gasteiger partial charge >= 0.3 is 17.9 Å². The van der Waals surface area contributed by atoms with Gasteiger partial charge in [0.2, 0.25) is 0 Å². The van der Waals surface area contributed by atoms with Gasteiger partial charge in [-0.05, 0) is 18.2 Å². The predicted molar refractivity (Wildman–Crippen MR) is 79.4 cm³/mol. The van der Waals surface area contributed by atoms with Crippen LogP contribution in [-0.2, 0) is 23.8 Å². The van der Waals surface area contributed by atoms with Gasteiger partial charge in [0.15, 0.2) is 0 Å². The molecule has 0 unspecified atom stereocenters. The number of hydrogen-bond donors (Lipinski definition) is 2. The number of nitrogens with zero attached hydrogens (tertiary/aromatic N) is 1. The molecule has 128 valence electrons. The van der Waals surface area contributed by atoms with E-state index >= 15 is 0 Å². The molecular weight excluding hydrogens is 322 g/mol. The number of esters is 2. The third-order valence-corrected chi connectivity index (χ3v) is 3.36. The molecule has 0 saturated heterocycles. The largest absolute Gasteiger partial charge is 0.507 e. The summed E-state index contributed by atoms with van der Waals surface area (Å²) in [6, 6.07) is 3.71. The van der Waals surface area contributed by atoms with Crippen molar-refractivity contribution >= 4 is 23.6 Å². The molecule has 1 aromatic carbocycles. The molecule has 0 amide bonds. The molecule has 1 aromatic rings. The van der Waals surface area contributed by atoms with Crippen molar-refractivity contribution in [2.24, 2.45) is 0 Å². The van der Waals surface area contributed by atoms with Gasteiger partial charge in [-0.25, -0.2) is 14.4 Å². The van der Waals surface area contributed by atoms with E-state index in [4.69, 9.17) is 14.6 Å². The Morgan fingerprint density at radius 1 is 1.17 bits per heavy atom. The fourth-order valence-corrected chi connectivity index (χ4v) is 2.21. The molecule has 0 fully saturated rings. The topological polar surface area (TPSA) is 123 Å². The SMILES string of the molecule is COC(=O)C1=C(C(=O)OC)N(c2ccc(O)c(C(=O)O)c2)COC1. The van der Waals surface area contributed by atoms with Crippen molar-refractivity contribution in [3.05, 3.63) is 35.0 Å². The molecule has 9 heteroatoms. The molecule has 2 rings (SSSR count). The number of carbonyl (C=O) groups excluding carboxylic acids is 2. The number of carbonyl (C=O) groups is 3. The summed E-state index contributed by atoms with van der Waals surface area (Å²) >= 11 is 0. The first-order chi connectivity index (χ1) is 11.4. The number of hydrogen-bond acceptors (Lipinski definition) is 8. The van der Waals surface area contributed by atoms with Crippen LogP contribution in [0.1, 0.15) is 10.4 Å². The number of aromatic hydroxyl groups is 1. The summed E-state index contributed by atoms with van der Waals surface area (Å²) in [7, 11) is 2.31. The van der Waals surface area contributed by atoms with E-state index in [1.807, 2.05) is 0 Å². The van der Waals surface area contributed by atoms with E-state index in [9.17, 15) is 19.5 Å². The maximum Gasteiger partial charge on any atom is 0.355 e. The Morgan fingerprint density at radius 2 is 1.83 bits per heavy atom. The first kappa shape index (κ1) is 17.3. The Kier molecular flexibility index (Phi) is 5.05. The minimum atomic E-state index is -1.34. The van der Waals surface area contributed by atoms with Crippen LogP contribution in [0.15, 0.2) is 29.5 Å². The van der Waals surface area contributed by atoms with Gasteiger partial charge in [-0.3, -0.25) is 0 Å². The van der Waals surface area contributed by atoms with Crippen LogP contribution in [0.3, 0.4) is 0 Å². The number of benzene rings is 1. The van der Waals surface area contributed by atoms with Gasteiger partial charge < -0.3 is 29.3 Å². The van der Waals surface area contributed by atoms with E-state index < -0.39 is 23.7 Å². The number of carboxylic acids is 1. The minimum absolute atomic E-state index is 0.0550. The van der Waals surface area contributed by atoms with Crippen LogP contribution in [0.4, 0.5) is 5.69 Å². The zero-order valence-electron chi connectivity index (χ0n) is 12.9. The molecule has 24 heavy (non-hydrogen) atoms. The molecule has 0 radical (unpaired) electrons. The van der Waals surface area contributed by atoms with Gasteiger partial charge in [0, 0.05) is 5.69 Å². The minimum Gasteiger partial charge on any atom is -0.507 e. The van der Waals surface area contributed by atoms with E-state index in [1.54, 1.807) is 0 Å². The highest BCUT2D eigenvalue weighted by molar-refractivity contribution is 6.03. The van der Waals surface area contributed by atoms with Crippen molar-refractivity contribution in [2.75, 3.05) is 32.5 Å². The summed E-state index contributed by atoms with van der Waals surface area (Å²) in [5.74, 6) is -3.34. The van der Waals surface area contributed by atoms with Crippen LogP contribution in [0.2, 0.25) is 0 Å². The quantitative estimate of drug-likeness (QED) is 0.755. The molecule has 0 aliphatic carbocycles. The maximum atomic E-state index is 12.1. The van der Waals surface area contributed by atoms with Gasteiger partial charge in [0.05, 0.1) is 26.4 Å². The molecule has 0 saturated carbocycles. The molecule has 0 atom stereocenters. The number of phenols is 1. The molecule has 1 heterocycles. The number of aromatic carboxylic acids is 1. The molecule has 2 N–H and O–H groups in total. The van der Waals surface area contributed by atoms with Crippen LogP contribution < -0.4 is 4.90 Å². The number of rotatable bonds is 4. The van der Waals surface area contributed by atoms with Crippen LogP contribution in [0.5, 0.6) is 5.75 Å². The lowest BCUT2D eigenvalue weighted by Gasteiger charge is -2.31. The van der Waals surface area contributed by atoms with E-state index in [-0.39, 0.29) is 35.9 Å².